The molecule has 5 nitrogen and oxygen atoms in total. The van der Waals surface area contributed by atoms with E-state index < -0.39 is 10.9 Å². The zero-order valence-electron chi connectivity index (χ0n) is 7.38. The van der Waals surface area contributed by atoms with Gasteiger partial charge in [0.15, 0.2) is 0 Å². The maximum atomic E-state index is 10.6. The lowest BCUT2D eigenvalue weighted by Gasteiger charge is -1.97. The lowest BCUT2D eigenvalue weighted by molar-refractivity contribution is -0.385. The van der Waals surface area contributed by atoms with Crippen LogP contribution in [0.25, 0.3) is 6.08 Å². The van der Waals surface area contributed by atoms with Gasteiger partial charge in [-0.1, -0.05) is 11.6 Å². The fraction of sp³-hybridized carbons (Fsp3) is 0. The number of hydrogen-bond acceptors (Lipinski definition) is 3. The molecule has 1 aromatic rings. The molecular weight excluding hydrogens is 222 g/mol. The van der Waals surface area contributed by atoms with Gasteiger partial charge in [0.05, 0.1) is 10.5 Å². The van der Waals surface area contributed by atoms with Crippen LogP contribution in [-0.4, -0.2) is 16.0 Å². The van der Waals surface area contributed by atoms with Crippen LogP contribution >= 0.6 is 11.6 Å². The van der Waals surface area contributed by atoms with Gasteiger partial charge in [-0.15, -0.1) is 0 Å². The third-order valence-corrected chi connectivity index (χ3v) is 1.83. The van der Waals surface area contributed by atoms with Crippen molar-refractivity contribution in [3.63, 3.8) is 0 Å². The number of benzene rings is 1. The van der Waals surface area contributed by atoms with Crippen molar-refractivity contribution in [2.75, 3.05) is 0 Å². The first-order valence-electron chi connectivity index (χ1n) is 3.85. The van der Waals surface area contributed by atoms with Gasteiger partial charge in [-0.05, 0) is 18.2 Å². The Labute approximate surface area is 89.7 Å². The van der Waals surface area contributed by atoms with Crippen LogP contribution in [0.15, 0.2) is 24.3 Å². The molecule has 0 aliphatic heterocycles. The van der Waals surface area contributed by atoms with Gasteiger partial charge >= 0.3 is 5.97 Å². The number of rotatable bonds is 3. The molecule has 0 spiro atoms. The van der Waals surface area contributed by atoms with Crippen molar-refractivity contribution in [3.05, 3.63) is 45.0 Å². The number of aliphatic carboxylic acids is 1. The number of carboxylic acid groups (broad SMARTS) is 1. The second-order valence-electron chi connectivity index (χ2n) is 2.63. The molecule has 0 bridgehead atoms. The van der Waals surface area contributed by atoms with Gasteiger partial charge < -0.3 is 5.11 Å². The number of nitro groups is 1. The summed E-state index contributed by atoms with van der Waals surface area (Å²) in [5.41, 5.74) is -0.0215. The Bertz CT molecular complexity index is 442. The molecular formula is C9H6ClNO4. The third kappa shape index (κ3) is 3.07. The Morgan fingerprint density at radius 3 is 2.73 bits per heavy atom. The lowest BCUT2D eigenvalue weighted by atomic mass is 10.1. The van der Waals surface area contributed by atoms with Crippen LogP contribution in [0.5, 0.6) is 0 Å². The summed E-state index contributed by atoms with van der Waals surface area (Å²) >= 11 is 5.63. The molecule has 0 amide bonds. The first-order chi connectivity index (χ1) is 7.00. The SMILES string of the molecule is O=C(O)C=Cc1cc(Cl)ccc1[N+](=O)[O-]. The van der Waals surface area contributed by atoms with Crippen LogP contribution in [-0.2, 0) is 4.79 Å². The van der Waals surface area contributed by atoms with E-state index in [1.165, 1.54) is 18.2 Å². The molecule has 0 fully saturated rings. The van der Waals surface area contributed by atoms with E-state index in [1.807, 2.05) is 0 Å². The Kier molecular flexibility index (Phi) is 3.41. The van der Waals surface area contributed by atoms with Gasteiger partial charge in [0, 0.05) is 17.2 Å². The van der Waals surface area contributed by atoms with E-state index in [-0.39, 0.29) is 11.3 Å². The lowest BCUT2D eigenvalue weighted by Crippen LogP contribution is -1.92. The Morgan fingerprint density at radius 1 is 1.53 bits per heavy atom. The second-order valence-corrected chi connectivity index (χ2v) is 3.07. The highest BCUT2D eigenvalue weighted by Crippen LogP contribution is 2.23. The van der Waals surface area contributed by atoms with Crippen LogP contribution < -0.4 is 0 Å². The summed E-state index contributed by atoms with van der Waals surface area (Å²) in [6.45, 7) is 0. The van der Waals surface area contributed by atoms with E-state index in [2.05, 4.69) is 0 Å². The number of nitro benzene ring substituents is 1. The predicted molar refractivity (Wildman–Crippen MR) is 54.8 cm³/mol. The monoisotopic (exact) mass is 227 g/mol. The maximum Gasteiger partial charge on any atom is 0.328 e. The minimum Gasteiger partial charge on any atom is -0.478 e. The number of hydrogen-bond donors (Lipinski definition) is 1. The third-order valence-electron chi connectivity index (χ3n) is 1.59. The van der Waals surface area contributed by atoms with Crippen LogP contribution in [0.2, 0.25) is 5.02 Å². The molecule has 0 aliphatic rings. The quantitative estimate of drug-likeness (QED) is 0.488. The molecule has 1 rings (SSSR count). The summed E-state index contributed by atoms with van der Waals surface area (Å²) in [7, 11) is 0. The number of carbonyl (C=O) groups is 1. The standard InChI is InChI=1S/C9H6ClNO4/c10-7-2-3-8(11(14)15)6(5-7)1-4-9(12)13/h1-5H,(H,12,13). The molecule has 1 N–H and O–H groups in total. The van der Waals surface area contributed by atoms with E-state index in [9.17, 15) is 14.9 Å². The average Bonchev–Trinajstić information content (AvgIpc) is 2.14. The Hall–Kier alpha value is -1.88. The van der Waals surface area contributed by atoms with Gasteiger partial charge in [-0.25, -0.2) is 4.79 Å². The van der Waals surface area contributed by atoms with Gasteiger partial charge in [0.1, 0.15) is 0 Å². The van der Waals surface area contributed by atoms with E-state index in [4.69, 9.17) is 16.7 Å². The molecule has 0 radical (unpaired) electrons. The molecule has 0 aromatic heterocycles. The van der Waals surface area contributed by atoms with Gasteiger partial charge in [0.25, 0.3) is 5.69 Å². The fourth-order valence-corrected chi connectivity index (χ4v) is 1.17. The average molecular weight is 228 g/mol. The minimum atomic E-state index is -1.18. The molecule has 0 atom stereocenters. The first-order valence-corrected chi connectivity index (χ1v) is 4.23. The number of nitrogens with zero attached hydrogens (tertiary/aromatic N) is 1. The van der Waals surface area contributed by atoms with Crippen molar-refractivity contribution in [3.8, 4) is 0 Å². The van der Waals surface area contributed by atoms with Crippen molar-refractivity contribution in [1.29, 1.82) is 0 Å². The van der Waals surface area contributed by atoms with Gasteiger partial charge in [-0.2, -0.15) is 0 Å². The molecule has 6 heteroatoms. The van der Waals surface area contributed by atoms with Crippen molar-refractivity contribution in [2.45, 2.75) is 0 Å². The molecule has 15 heavy (non-hydrogen) atoms. The summed E-state index contributed by atoms with van der Waals surface area (Å²) in [5.74, 6) is -1.18. The van der Waals surface area contributed by atoms with Crippen LogP contribution in [0.1, 0.15) is 5.56 Å². The topological polar surface area (TPSA) is 80.4 Å². The number of halogens is 1. The first kappa shape index (κ1) is 11.2. The largest absolute Gasteiger partial charge is 0.478 e. The van der Waals surface area contributed by atoms with E-state index >= 15 is 0 Å². The molecule has 0 heterocycles. The van der Waals surface area contributed by atoms with Crippen LogP contribution in [0.3, 0.4) is 0 Å². The van der Waals surface area contributed by atoms with Crippen molar-refractivity contribution < 1.29 is 14.8 Å². The maximum absolute atomic E-state index is 10.6. The molecule has 0 unspecified atom stereocenters. The smallest absolute Gasteiger partial charge is 0.328 e. The normalized spacial score (nSPS) is 10.5. The van der Waals surface area contributed by atoms with E-state index in [1.54, 1.807) is 0 Å². The highest BCUT2D eigenvalue weighted by atomic mass is 35.5. The summed E-state index contributed by atoms with van der Waals surface area (Å²) in [5, 5.41) is 19.3. The minimum absolute atomic E-state index is 0.162. The van der Waals surface area contributed by atoms with Crippen molar-refractivity contribution in [1.82, 2.24) is 0 Å². The highest BCUT2D eigenvalue weighted by Gasteiger charge is 2.11. The Balaban J connectivity index is 3.18. The van der Waals surface area contributed by atoms with Gasteiger partial charge in [-0.3, -0.25) is 10.1 Å². The van der Waals surface area contributed by atoms with E-state index in [0.29, 0.717) is 5.02 Å². The molecule has 78 valence electrons. The van der Waals surface area contributed by atoms with E-state index in [0.717, 1.165) is 12.2 Å². The molecule has 0 aliphatic carbocycles. The molecule has 0 saturated carbocycles. The second kappa shape index (κ2) is 4.56. The Morgan fingerprint density at radius 2 is 2.20 bits per heavy atom. The summed E-state index contributed by atoms with van der Waals surface area (Å²) in [6, 6.07) is 3.93. The van der Waals surface area contributed by atoms with Crippen molar-refractivity contribution in [2.24, 2.45) is 0 Å². The fourth-order valence-electron chi connectivity index (χ4n) is 0.986. The summed E-state index contributed by atoms with van der Waals surface area (Å²) < 4.78 is 0. The number of carboxylic acids is 1. The van der Waals surface area contributed by atoms with Crippen LogP contribution in [0, 0.1) is 10.1 Å². The zero-order valence-corrected chi connectivity index (χ0v) is 8.14. The summed E-state index contributed by atoms with van der Waals surface area (Å²) in [6.07, 6.45) is 1.95. The summed E-state index contributed by atoms with van der Waals surface area (Å²) in [4.78, 5) is 20.2. The van der Waals surface area contributed by atoms with Gasteiger partial charge in [0.2, 0.25) is 0 Å². The highest BCUT2D eigenvalue weighted by molar-refractivity contribution is 6.30. The predicted octanol–water partition coefficient (Wildman–Crippen LogP) is 2.35. The van der Waals surface area contributed by atoms with Crippen molar-refractivity contribution >= 4 is 29.3 Å². The molecule has 1 aromatic carbocycles. The molecule has 0 saturated heterocycles. The zero-order chi connectivity index (χ0) is 11.4. The van der Waals surface area contributed by atoms with Crippen LogP contribution in [0.4, 0.5) is 5.69 Å².